The number of carbonyl (C=O) groups is 1. The number of nitrogens with zero attached hydrogens (tertiary/aromatic N) is 1. The molecular formula is C12H17ClN2O3S. The fourth-order valence-corrected chi connectivity index (χ4v) is 2.61. The molecule has 0 aliphatic rings. The Hall–Kier alpha value is -1.27. The minimum atomic E-state index is -3.35. The van der Waals surface area contributed by atoms with Crippen molar-refractivity contribution in [1.82, 2.24) is 0 Å². The maximum atomic E-state index is 11.9. The Bertz CT molecular complexity index is 597. The van der Waals surface area contributed by atoms with Crippen LogP contribution in [0.2, 0.25) is 5.02 Å². The van der Waals surface area contributed by atoms with E-state index in [4.69, 9.17) is 11.6 Å². The highest BCUT2D eigenvalue weighted by Crippen LogP contribution is 2.33. The molecule has 0 radical (unpaired) electrons. The van der Waals surface area contributed by atoms with Crippen LogP contribution in [0.3, 0.4) is 0 Å². The lowest BCUT2D eigenvalue weighted by Gasteiger charge is -2.18. The Morgan fingerprint density at radius 1 is 1.37 bits per heavy atom. The molecule has 0 aliphatic carbocycles. The molecule has 0 aromatic heterocycles. The first-order valence-electron chi connectivity index (χ1n) is 5.55. The summed E-state index contributed by atoms with van der Waals surface area (Å²) in [7, 11) is 1.93. The largest absolute Gasteiger partial charge is 0.387 e. The van der Waals surface area contributed by atoms with Crippen LogP contribution in [0.4, 0.5) is 11.4 Å². The van der Waals surface area contributed by atoms with Crippen LogP contribution in [0.5, 0.6) is 0 Å². The van der Waals surface area contributed by atoms with E-state index < -0.39 is 21.4 Å². The Kier molecular flexibility index (Phi) is 4.81. The van der Waals surface area contributed by atoms with Crippen molar-refractivity contribution in [3.8, 4) is 0 Å². The number of nitrogens with one attached hydrogen (secondary N) is 1. The molecule has 106 valence electrons. The van der Waals surface area contributed by atoms with Crippen molar-refractivity contribution < 1.29 is 13.2 Å². The summed E-state index contributed by atoms with van der Waals surface area (Å²) in [6, 6.07) is 3.15. The second kappa shape index (κ2) is 5.79. The van der Waals surface area contributed by atoms with Gasteiger partial charge in [-0.2, -0.15) is 0 Å². The number of hydrogen-bond acceptors (Lipinski definition) is 5. The predicted molar refractivity (Wildman–Crippen MR) is 79.4 cm³/mol. The van der Waals surface area contributed by atoms with Crippen LogP contribution in [0, 0.1) is 0 Å². The van der Waals surface area contributed by atoms with Crippen LogP contribution < -0.4 is 10.2 Å². The molecular weight excluding hydrogens is 288 g/mol. The van der Waals surface area contributed by atoms with Gasteiger partial charge in [-0.25, -0.2) is 8.42 Å². The fraction of sp³-hybridized carbons (Fsp3) is 0.417. The van der Waals surface area contributed by atoms with E-state index in [2.05, 4.69) is 5.32 Å². The molecule has 0 unspecified atom stereocenters. The van der Waals surface area contributed by atoms with Gasteiger partial charge in [0.15, 0.2) is 15.6 Å². The lowest BCUT2D eigenvalue weighted by atomic mass is 10.1. The van der Waals surface area contributed by atoms with E-state index in [1.165, 1.54) is 0 Å². The summed E-state index contributed by atoms with van der Waals surface area (Å²) in [5.41, 5.74) is 1.57. The Morgan fingerprint density at radius 2 is 1.95 bits per heavy atom. The van der Waals surface area contributed by atoms with Gasteiger partial charge < -0.3 is 10.2 Å². The molecule has 1 aromatic rings. The summed E-state index contributed by atoms with van der Waals surface area (Å²) >= 11 is 6.18. The van der Waals surface area contributed by atoms with E-state index in [9.17, 15) is 13.2 Å². The van der Waals surface area contributed by atoms with Crippen molar-refractivity contribution >= 4 is 38.6 Å². The van der Waals surface area contributed by atoms with Crippen molar-refractivity contribution in [1.29, 1.82) is 0 Å². The molecule has 1 N–H and O–H groups in total. The summed E-state index contributed by atoms with van der Waals surface area (Å²) in [5.74, 6) is -0.955. The molecule has 7 heteroatoms. The monoisotopic (exact) mass is 304 g/mol. The molecule has 0 atom stereocenters. The zero-order valence-corrected chi connectivity index (χ0v) is 12.9. The van der Waals surface area contributed by atoms with Gasteiger partial charge in [0.05, 0.1) is 16.4 Å². The summed E-state index contributed by atoms with van der Waals surface area (Å²) < 4.78 is 22.4. The number of anilines is 2. The quantitative estimate of drug-likeness (QED) is 0.838. The number of hydrogen-bond donors (Lipinski definition) is 1. The van der Waals surface area contributed by atoms with Crippen LogP contribution in [0.1, 0.15) is 10.4 Å². The first-order valence-corrected chi connectivity index (χ1v) is 7.99. The van der Waals surface area contributed by atoms with Crippen LogP contribution >= 0.6 is 11.6 Å². The number of halogens is 1. The summed E-state index contributed by atoms with van der Waals surface area (Å²) in [6.07, 6.45) is 1.03. The molecule has 19 heavy (non-hydrogen) atoms. The number of sulfone groups is 1. The molecule has 1 rings (SSSR count). The average molecular weight is 305 g/mol. The third kappa shape index (κ3) is 4.11. The van der Waals surface area contributed by atoms with Crippen LogP contribution in [0.15, 0.2) is 12.1 Å². The van der Waals surface area contributed by atoms with E-state index in [0.29, 0.717) is 22.0 Å². The van der Waals surface area contributed by atoms with Crippen LogP contribution in [-0.4, -0.2) is 47.4 Å². The van der Waals surface area contributed by atoms with Gasteiger partial charge in [-0.05, 0) is 12.1 Å². The topological polar surface area (TPSA) is 66.5 Å². The van der Waals surface area contributed by atoms with Crippen molar-refractivity contribution in [3.63, 3.8) is 0 Å². The molecule has 0 saturated carbocycles. The van der Waals surface area contributed by atoms with Gasteiger partial charge >= 0.3 is 0 Å². The Morgan fingerprint density at radius 3 is 2.37 bits per heavy atom. The molecule has 1 aromatic carbocycles. The van der Waals surface area contributed by atoms with Crippen molar-refractivity contribution in [2.24, 2.45) is 0 Å². The zero-order valence-electron chi connectivity index (χ0n) is 11.3. The molecule has 0 heterocycles. The number of benzene rings is 1. The van der Waals surface area contributed by atoms with Gasteiger partial charge in [0.1, 0.15) is 5.75 Å². The zero-order chi connectivity index (χ0) is 14.8. The molecule has 0 spiro atoms. The van der Waals surface area contributed by atoms with Crippen molar-refractivity contribution in [2.75, 3.05) is 43.4 Å². The Labute approximate surface area is 118 Å². The van der Waals surface area contributed by atoms with E-state index in [0.717, 1.165) is 6.26 Å². The van der Waals surface area contributed by atoms with Crippen LogP contribution in [-0.2, 0) is 9.84 Å². The van der Waals surface area contributed by atoms with Crippen LogP contribution in [0.25, 0.3) is 0 Å². The van der Waals surface area contributed by atoms with Gasteiger partial charge in [-0.3, -0.25) is 4.79 Å². The predicted octanol–water partition coefficient (Wildman–Crippen LogP) is 1.68. The highest BCUT2D eigenvalue weighted by Gasteiger charge is 2.17. The van der Waals surface area contributed by atoms with E-state index in [-0.39, 0.29) is 0 Å². The van der Waals surface area contributed by atoms with Gasteiger partial charge in [0.2, 0.25) is 0 Å². The van der Waals surface area contributed by atoms with Crippen molar-refractivity contribution in [3.05, 3.63) is 22.7 Å². The minimum absolute atomic E-state index is 0.322. The highest BCUT2D eigenvalue weighted by molar-refractivity contribution is 7.91. The fourth-order valence-electron chi connectivity index (χ4n) is 1.60. The highest BCUT2D eigenvalue weighted by atomic mass is 35.5. The third-order valence-corrected chi connectivity index (χ3v) is 3.70. The molecule has 0 fully saturated rings. The standard InChI is InChI=1S/C12H17ClN2O3S/c1-14-9-5-8(11(16)7-19(4,17)18)6-10(12(9)13)15(2)3/h5-6,14H,7H2,1-4H3. The van der Waals surface area contributed by atoms with Crippen molar-refractivity contribution in [2.45, 2.75) is 0 Å². The smallest absolute Gasteiger partial charge is 0.178 e. The van der Waals surface area contributed by atoms with E-state index >= 15 is 0 Å². The van der Waals surface area contributed by atoms with Gasteiger partial charge in [-0.15, -0.1) is 0 Å². The number of Topliss-reactive ketones (excluding diaryl/α,β-unsaturated/α-hetero) is 1. The van der Waals surface area contributed by atoms with Gasteiger partial charge in [-0.1, -0.05) is 11.6 Å². The molecule has 0 bridgehead atoms. The van der Waals surface area contributed by atoms with E-state index in [1.54, 1.807) is 38.2 Å². The minimum Gasteiger partial charge on any atom is -0.387 e. The van der Waals surface area contributed by atoms with E-state index in [1.807, 2.05) is 0 Å². The summed E-state index contributed by atoms with van der Waals surface area (Å²) in [4.78, 5) is 13.7. The maximum absolute atomic E-state index is 11.9. The first kappa shape index (κ1) is 15.8. The molecule has 0 saturated heterocycles. The lowest BCUT2D eigenvalue weighted by molar-refractivity contribution is 0.102. The lowest BCUT2D eigenvalue weighted by Crippen LogP contribution is -2.16. The number of carbonyl (C=O) groups excluding carboxylic acids is 1. The number of ketones is 1. The van der Waals surface area contributed by atoms with Gasteiger partial charge in [0.25, 0.3) is 0 Å². The average Bonchev–Trinajstić information content (AvgIpc) is 2.26. The second-order valence-corrected chi connectivity index (χ2v) is 7.01. The van der Waals surface area contributed by atoms with Gasteiger partial charge in [0, 0.05) is 33.0 Å². The first-order chi connectivity index (χ1) is 8.65. The normalized spacial score (nSPS) is 11.2. The summed E-state index contributed by atoms with van der Waals surface area (Å²) in [6.45, 7) is 0. The molecule has 0 amide bonds. The SMILES string of the molecule is CNc1cc(C(=O)CS(C)(=O)=O)cc(N(C)C)c1Cl. The molecule has 0 aliphatic heterocycles. The maximum Gasteiger partial charge on any atom is 0.178 e. The number of rotatable bonds is 5. The molecule has 5 nitrogen and oxygen atoms in total. The second-order valence-electron chi connectivity index (χ2n) is 4.49. The third-order valence-electron chi connectivity index (χ3n) is 2.52. The Balaban J connectivity index is 3.30. The summed E-state index contributed by atoms with van der Waals surface area (Å²) in [5, 5.41) is 3.38.